The number of nitriles is 1. The van der Waals surface area contributed by atoms with Gasteiger partial charge in [-0.15, -0.1) is 0 Å². The Labute approximate surface area is 158 Å². The van der Waals surface area contributed by atoms with Gasteiger partial charge in [-0.2, -0.15) is 5.26 Å². The monoisotopic (exact) mass is 358 g/mol. The minimum Gasteiger partial charge on any atom is -0.508 e. The molecular weight excluding hydrogens is 324 g/mol. The number of aromatic hydroxyl groups is 1. The molecule has 0 heterocycles. The number of hydrogen-bond acceptors (Lipinski definition) is 4. The lowest BCUT2D eigenvalue weighted by molar-refractivity contribution is 0.0243. The average molecular weight is 359 g/mol. The predicted octanol–water partition coefficient (Wildman–Crippen LogP) is 4.45. The van der Waals surface area contributed by atoms with E-state index in [4.69, 9.17) is 10.00 Å². The number of nitrogens with zero attached hydrogens (tertiary/aromatic N) is 1. The molecule has 26 heavy (non-hydrogen) atoms. The van der Waals surface area contributed by atoms with Gasteiger partial charge in [-0.3, -0.25) is 0 Å². The maximum absolute atomic E-state index is 10.1. The van der Waals surface area contributed by atoms with E-state index in [1.54, 1.807) is 6.07 Å². The molecule has 4 heteroatoms. The Morgan fingerprint density at radius 1 is 1.23 bits per heavy atom. The molecule has 1 aromatic rings. The van der Waals surface area contributed by atoms with Gasteiger partial charge >= 0.3 is 0 Å². The molecule has 2 unspecified atom stereocenters. The van der Waals surface area contributed by atoms with E-state index < -0.39 is 0 Å². The van der Waals surface area contributed by atoms with E-state index in [1.807, 2.05) is 13.2 Å². The number of nitrogens with one attached hydrogen (secondary N) is 1. The molecular formula is C22H34N2O2. The summed E-state index contributed by atoms with van der Waals surface area (Å²) in [5, 5.41) is 22.5. The highest BCUT2D eigenvalue weighted by atomic mass is 16.5. The molecule has 2 N–H and O–H groups in total. The summed E-state index contributed by atoms with van der Waals surface area (Å²) < 4.78 is 5.90. The third kappa shape index (κ3) is 4.39. The first-order chi connectivity index (χ1) is 12.6. The fourth-order valence-corrected chi connectivity index (χ4v) is 4.62. The predicted molar refractivity (Wildman–Crippen MR) is 105 cm³/mol. The summed E-state index contributed by atoms with van der Waals surface area (Å²) in [5.74, 6) is 0.349. The molecule has 0 spiro atoms. The maximum atomic E-state index is 10.1. The minimum atomic E-state index is -0.0200. The van der Waals surface area contributed by atoms with E-state index in [9.17, 15) is 5.11 Å². The van der Waals surface area contributed by atoms with Gasteiger partial charge in [0.15, 0.2) is 0 Å². The number of phenols is 1. The number of phenolic OH excluding ortho intramolecular Hbond substituents is 1. The first kappa shape index (κ1) is 20.7. The van der Waals surface area contributed by atoms with E-state index in [-0.39, 0.29) is 17.6 Å². The summed E-state index contributed by atoms with van der Waals surface area (Å²) in [6, 6.07) is 8.27. The summed E-state index contributed by atoms with van der Waals surface area (Å²) in [6.45, 7) is 5.45. The van der Waals surface area contributed by atoms with E-state index in [2.05, 4.69) is 31.3 Å². The molecule has 144 valence electrons. The van der Waals surface area contributed by atoms with Crippen LogP contribution in [0.15, 0.2) is 18.2 Å². The highest BCUT2D eigenvalue weighted by molar-refractivity contribution is 5.44. The molecule has 1 aliphatic carbocycles. The highest BCUT2D eigenvalue weighted by Gasteiger charge is 2.46. The van der Waals surface area contributed by atoms with Gasteiger partial charge in [0.05, 0.1) is 12.2 Å². The second-order valence-electron chi connectivity index (χ2n) is 7.44. The maximum Gasteiger partial charge on any atom is 0.115 e. The van der Waals surface area contributed by atoms with Gasteiger partial charge < -0.3 is 15.2 Å². The highest BCUT2D eigenvalue weighted by Crippen LogP contribution is 2.44. The zero-order valence-electron chi connectivity index (χ0n) is 16.6. The number of methoxy groups -OCH3 is 1. The zero-order valence-corrected chi connectivity index (χ0v) is 16.6. The van der Waals surface area contributed by atoms with E-state index in [0.717, 1.165) is 51.5 Å². The van der Waals surface area contributed by atoms with Crippen LogP contribution in [0.4, 0.5) is 0 Å². The van der Waals surface area contributed by atoms with Crippen LogP contribution in [-0.2, 0) is 16.6 Å². The lowest BCUT2D eigenvalue weighted by Crippen LogP contribution is -2.59. The van der Waals surface area contributed by atoms with Crippen LogP contribution in [0.5, 0.6) is 5.75 Å². The molecule has 0 saturated heterocycles. The molecule has 0 aromatic heterocycles. The van der Waals surface area contributed by atoms with Gasteiger partial charge in [0.1, 0.15) is 5.75 Å². The second kappa shape index (κ2) is 9.94. The van der Waals surface area contributed by atoms with Crippen molar-refractivity contribution in [2.24, 2.45) is 0 Å². The largest absolute Gasteiger partial charge is 0.508 e. The van der Waals surface area contributed by atoms with Crippen molar-refractivity contribution in [1.29, 1.82) is 5.26 Å². The molecule has 0 aliphatic heterocycles. The fourth-order valence-electron chi connectivity index (χ4n) is 4.62. The van der Waals surface area contributed by atoms with Crippen molar-refractivity contribution in [2.45, 2.75) is 82.8 Å². The van der Waals surface area contributed by atoms with Crippen LogP contribution in [0.1, 0.15) is 69.9 Å². The van der Waals surface area contributed by atoms with Crippen LogP contribution in [-0.4, -0.2) is 30.9 Å². The number of unbranched alkanes of at least 4 members (excludes halogenated alkanes) is 4. The van der Waals surface area contributed by atoms with Crippen LogP contribution in [0.3, 0.4) is 0 Å². The van der Waals surface area contributed by atoms with Crippen LogP contribution in [0, 0.1) is 11.3 Å². The van der Waals surface area contributed by atoms with Gasteiger partial charge in [-0.1, -0.05) is 32.8 Å². The third-order valence-electron chi connectivity index (χ3n) is 6.16. The van der Waals surface area contributed by atoms with E-state index >= 15 is 0 Å². The first-order valence-corrected chi connectivity index (χ1v) is 10.1. The lowest BCUT2D eigenvalue weighted by Gasteiger charge is -2.49. The molecule has 0 saturated carbocycles. The SMILES string of the molecule is CCC1(CC)c2cc(O)ccc2CC(OC)C1NCCCCCCC#N. The lowest BCUT2D eigenvalue weighted by atomic mass is 9.62. The minimum absolute atomic E-state index is 0.0200. The van der Waals surface area contributed by atoms with Crippen LogP contribution >= 0.6 is 0 Å². The molecule has 0 amide bonds. The van der Waals surface area contributed by atoms with Gasteiger partial charge in [0, 0.05) is 31.4 Å². The van der Waals surface area contributed by atoms with Crippen LogP contribution in [0.25, 0.3) is 0 Å². The smallest absolute Gasteiger partial charge is 0.115 e. The van der Waals surface area contributed by atoms with Crippen molar-refractivity contribution >= 4 is 0 Å². The topological polar surface area (TPSA) is 65.3 Å². The molecule has 1 aromatic carbocycles. The molecule has 2 atom stereocenters. The molecule has 2 rings (SSSR count). The van der Waals surface area contributed by atoms with Crippen molar-refractivity contribution in [3.63, 3.8) is 0 Å². The van der Waals surface area contributed by atoms with Crippen molar-refractivity contribution in [1.82, 2.24) is 5.32 Å². The number of fused-ring (bicyclic) bond motifs is 1. The van der Waals surface area contributed by atoms with Crippen molar-refractivity contribution in [3.05, 3.63) is 29.3 Å². The van der Waals surface area contributed by atoms with Crippen LogP contribution in [0.2, 0.25) is 0 Å². The van der Waals surface area contributed by atoms with E-state index in [1.165, 1.54) is 11.1 Å². The van der Waals surface area contributed by atoms with Crippen LogP contribution < -0.4 is 5.32 Å². The summed E-state index contributed by atoms with van der Waals surface area (Å²) in [5.41, 5.74) is 2.56. The van der Waals surface area contributed by atoms with Crippen molar-refractivity contribution in [2.75, 3.05) is 13.7 Å². The normalized spacial score (nSPS) is 21.2. The van der Waals surface area contributed by atoms with Gasteiger partial charge in [-0.25, -0.2) is 0 Å². The molecule has 0 radical (unpaired) electrons. The Hall–Kier alpha value is -1.57. The molecule has 0 fully saturated rings. The number of hydrogen-bond donors (Lipinski definition) is 2. The average Bonchev–Trinajstić information content (AvgIpc) is 2.66. The second-order valence-corrected chi connectivity index (χ2v) is 7.44. The zero-order chi connectivity index (χ0) is 19.0. The standard InChI is InChI=1S/C22H34N2O2/c1-4-22(5-2)19-16-18(25)12-11-17(19)15-20(26-3)21(22)24-14-10-8-6-7-9-13-23/h11-12,16,20-21,24-25H,4-10,14-15H2,1-3H3. The number of rotatable bonds is 10. The van der Waals surface area contributed by atoms with Gasteiger partial charge in [-0.05, 0) is 55.5 Å². The summed E-state index contributed by atoms with van der Waals surface area (Å²) in [4.78, 5) is 0. The van der Waals surface area contributed by atoms with Crippen molar-refractivity contribution < 1.29 is 9.84 Å². The quantitative estimate of drug-likeness (QED) is 0.606. The Kier molecular flexibility index (Phi) is 7.93. The van der Waals surface area contributed by atoms with E-state index in [0.29, 0.717) is 12.2 Å². The number of benzene rings is 1. The van der Waals surface area contributed by atoms with Gasteiger partial charge in [0.2, 0.25) is 0 Å². The Morgan fingerprint density at radius 3 is 2.62 bits per heavy atom. The Bertz CT molecular complexity index is 605. The summed E-state index contributed by atoms with van der Waals surface area (Å²) in [7, 11) is 1.81. The summed E-state index contributed by atoms with van der Waals surface area (Å²) in [6.07, 6.45) is 8.11. The summed E-state index contributed by atoms with van der Waals surface area (Å²) >= 11 is 0. The molecule has 0 bridgehead atoms. The third-order valence-corrected chi connectivity index (χ3v) is 6.16. The first-order valence-electron chi connectivity index (χ1n) is 10.1. The van der Waals surface area contributed by atoms with Crippen molar-refractivity contribution in [3.8, 4) is 11.8 Å². The van der Waals surface area contributed by atoms with Gasteiger partial charge in [0.25, 0.3) is 0 Å². The Morgan fingerprint density at radius 2 is 1.96 bits per heavy atom. The molecule has 1 aliphatic rings. The molecule has 4 nitrogen and oxygen atoms in total. The fraction of sp³-hybridized carbons (Fsp3) is 0.682. The number of ether oxygens (including phenoxy) is 1. The Balaban J connectivity index is 2.13.